The van der Waals surface area contributed by atoms with Gasteiger partial charge >= 0.3 is 29.9 Å². The topological polar surface area (TPSA) is 105 Å². The molecule has 0 spiro atoms. The monoisotopic (exact) mass is 477 g/mol. The maximum atomic E-state index is 15.9. The number of rotatable bonds is 5. The second-order valence-electron chi connectivity index (χ2n) is 7.97. The van der Waals surface area contributed by atoms with Crippen LogP contribution in [0.3, 0.4) is 0 Å². The van der Waals surface area contributed by atoms with E-state index in [2.05, 4.69) is 21.2 Å². The molecular formula is C18H22F7N3O4. The van der Waals surface area contributed by atoms with E-state index in [0.717, 1.165) is 6.92 Å². The molecule has 2 fully saturated rings. The zero-order valence-electron chi connectivity index (χ0n) is 17.2. The molecule has 0 amide bonds. The number of alkyl halides is 7. The van der Waals surface area contributed by atoms with E-state index in [1.165, 1.54) is 0 Å². The number of carbonyl (C=O) groups excluding carboxylic acids is 1. The molecule has 1 aliphatic heterocycles. The molecule has 3 unspecified atom stereocenters. The standard InChI is InChI=1S/C18H22F7N3O4/c1-4-13(31-12(29)10(2)3)15(19,20)14(17(23,24)25,11-8-6-5-7-9-11)32-18(30,27-28-26)16(13,21)22/h11,30H,2,4-9H2,1,3H3. The molecule has 1 aliphatic carbocycles. The fraction of sp³-hybridized carbons (Fsp3) is 0.833. The van der Waals surface area contributed by atoms with Crippen molar-refractivity contribution in [2.45, 2.75) is 87.5 Å². The molecule has 32 heavy (non-hydrogen) atoms. The summed E-state index contributed by atoms with van der Waals surface area (Å²) in [5.41, 5.74) is -1.38. The average Bonchev–Trinajstić information content (AvgIpc) is 2.68. The molecule has 7 nitrogen and oxygen atoms in total. The van der Waals surface area contributed by atoms with Crippen molar-refractivity contribution in [3.05, 3.63) is 22.6 Å². The number of aliphatic hydroxyl groups is 1. The van der Waals surface area contributed by atoms with Crippen LogP contribution in [0.15, 0.2) is 17.3 Å². The number of azide groups is 1. The lowest BCUT2D eigenvalue weighted by atomic mass is 9.64. The zero-order chi connectivity index (χ0) is 24.8. The number of esters is 1. The van der Waals surface area contributed by atoms with E-state index in [1.807, 2.05) is 4.91 Å². The Morgan fingerprint density at radius 1 is 1.22 bits per heavy atom. The van der Waals surface area contributed by atoms with Crippen LogP contribution < -0.4 is 0 Å². The van der Waals surface area contributed by atoms with Crippen molar-refractivity contribution < 1.29 is 50.1 Å². The van der Waals surface area contributed by atoms with Crippen molar-refractivity contribution in [3.8, 4) is 0 Å². The van der Waals surface area contributed by atoms with Gasteiger partial charge in [-0.15, -0.1) is 0 Å². The Hall–Kier alpha value is -2.05. The summed E-state index contributed by atoms with van der Waals surface area (Å²) in [5, 5.41) is 12.6. The average molecular weight is 477 g/mol. The van der Waals surface area contributed by atoms with E-state index in [1.54, 1.807) is 0 Å². The largest absolute Gasteiger partial charge is 0.442 e. The van der Waals surface area contributed by atoms with Gasteiger partial charge in [0.15, 0.2) is 0 Å². The van der Waals surface area contributed by atoms with Crippen LogP contribution in [0.2, 0.25) is 0 Å². The summed E-state index contributed by atoms with van der Waals surface area (Å²) < 4.78 is 114. The first-order chi connectivity index (χ1) is 14.5. The molecule has 1 N–H and O–H groups in total. The van der Waals surface area contributed by atoms with Crippen LogP contribution in [0.1, 0.15) is 52.4 Å². The van der Waals surface area contributed by atoms with Crippen LogP contribution in [0.25, 0.3) is 10.4 Å². The van der Waals surface area contributed by atoms with E-state index in [-0.39, 0.29) is 12.8 Å². The minimum absolute atomic E-state index is 0.0446. The number of hydrogen-bond acceptors (Lipinski definition) is 5. The predicted molar refractivity (Wildman–Crippen MR) is 94.4 cm³/mol. The highest BCUT2D eigenvalue weighted by atomic mass is 19.4. The van der Waals surface area contributed by atoms with Gasteiger partial charge in [0.05, 0.1) is 0 Å². The van der Waals surface area contributed by atoms with Gasteiger partial charge in [-0.1, -0.05) is 32.8 Å². The Kier molecular flexibility index (Phi) is 6.61. The van der Waals surface area contributed by atoms with Crippen LogP contribution in [-0.4, -0.2) is 46.2 Å². The smallest absolute Gasteiger partial charge is 0.424 e. The lowest BCUT2D eigenvalue weighted by Gasteiger charge is -2.61. The van der Waals surface area contributed by atoms with E-state index < -0.39 is 71.9 Å². The van der Waals surface area contributed by atoms with Gasteiger partial charge in [-0.05, 0) is 36.8 Å². The predicted octanol–water partition coefficient (Wildman–Crippen LogP) is 5.39. The van der Waals surface area contributed by atoms with Crippen molar-refractivity contribution in [3.63, 3.8) is 0 Å². The van der Waals surface area contributed by atoms with E-state index in [9.17, 15) is 23.1 Å². The van der Waals surface area contributed by atoms with Gasteiger partial charge in [0.2, 0.25) is 11.2 Å². The Morgan fingerprint density at radius 2 is 1.75 bits per heavy atom. The molecule has 2 rings (SSSR count). The highest BCUT2D eigenvalue weighted by Crippen LogP contribution is 2.68. The van der Waals surface area contributed by atoms with E-state index in [0.29, 0.717) is 13.3 Å². The molecular weight excluding hydrogens is 455 g/mol. The summed E-state index contributed by atoms with van der Waals surface area (Å²) in [4.78, 5) is 13.9. The SMILES string of the molecule is C=C(C)C(=O)OC1(CC)C(F)(F)C(O)(N=[N+]=[N-])OC(C2CCCCC2)(C(F)(F)F)C1(F)F. The Morgan fingerprint density at radius 3 is 2.16 bits per heavy atom. The normalized spacial score (nSPS) is 34.9. The fourth-order valence-corrected chi connectivity index (χ4v) is 4.46. The molecule has 182 valence electrons. The first-order valence-electron chi connectivity index (χ1n) is 9.71. The van der Waals surface area contributed by atoms with Crippen LogP contribution in [0.4, 0.5) is 30.7 Å². The van der Waals surface area contributed by atoms with Crippen LogP contribution >= 0.6 is 0 Å². The number of carbonyl (C=O) groups is 1. The zero-order valence-corrected chi connectivity index (χ0v) is 17.2. The van der Waals surface area contributed by atoms with Gasteiger partial charge < -0.3 is 14.6 Å². The van der Waals surface area contributed by atoms with E-state index >= 15 is 17.6 Å². The van der Waals surface area contributed by atoms with Crippen molar-refractivity contribution in [2.75, 3.05) is 0 Å². The third-order valence-corrected chi connectivity index (χ3v) is 6.09. The molecule has 1 saturated heterocycles. The lowest BCUT2D eigenvalue weighted by Crippen LogP contribution is -2.86. The first kappa shape index (κ1) is 26.2. The summed E-state index contributed by atoms with van der Waals surface area (Å²) in [6.07, 6.45) is -8.18. The van der Waals surface area contributed by atoms with Gasteiger partial charge in [-0.25, -0.2) is 4.79 Å². The molecule has 2 aliphatic rings. The summed E-state index contributed by atoms with van der Waals surface area (Å²) in [7, 11) is 0. The number of ether oxygens (including phenoxy) is 2. The minimum Gasteiger partial charge on any atom is -0.442 e. The van der Waals surface area contributed by atoms with Gasteiger partial charge in [0, 0.05) is 16.4 Å². The Bertz CT molecular complexity index is 824. The summed E-state index contributed by atoms with van der Waals surface area (Å²) in [6, 6.07) is 0. The molecule has 0 radical (unpaired) electrons. The van der Waals surface area contributed by atoms with Crippen molar-refractivity contribution in [1.29, 1.82) is 0 Å². The lowest BCUT2D eigenvalue weighted by molar-refractivity contribution is -0.528. The molecule has 14 heteroatoms. The maximum absolute atomic E-state index is 15.9. The second kappa shape index (κ2) is 8.07. The third kappa shape index (κ3) is 3.26. The Balaban J connectivity index is 2.99. The minimum atomic E-state index is -6.05. The molecule has 0 aromatic rings. The molecule has 1 saturated carbocycles. The van der Waals surface area contributed by atoms with Crippen molar-refractivity contribution >= 4 is 5.97 Å². The number of nitrogens with zero attached hydrogens (tertiary/aromatic N) is 3. The quantitative estimate of drug-likeness (QED) is 0.143. The van der Waals surface area contributed by atoms with E-state index in [4.69, 9.17) is 5.53 Å². The van der Waals surface area contributed by atoms with Crippen molar-refractivity contribution in [1.82, 2.24) is 0 Å². The third-order valence-electron chi connectivity index (χ3n) is 6.09. The van der Waals surface area contributed by atoms with Crippen LogP contribution in [0.5, 0.6) is 0 Å². The van der Waals surface area contributed by atoms with Gasteiger partial charge in [0.1, 0.15) is 0 Å². The highest BCUT2D eigenvalue weighted by Gasteiger charge is 2.93. The van der Waals surface area contributed by atoms with Gasteiger partial charge in [0.25, 0.3) is 0 Å². The maximum Gasteiger partial charge on any atom is 0.424 e. The molecule has 0 aromatic carbocycles. The Labute approximate surface area is 178 Å². The van der Waals surface area contributed by atoms with Crippen LogP contribution in [-0.2, 0) is 14.3 Å². The van der Waals surface area contributed by atoms with Gasteiger partial charge in [-0.3, -0.25) is 0 Å². The summed E-state index contributed by atoms with van der Waals surface area (Å²) in [5.74, 6) is -19.8. The molecule has 0 aromatic heterocycles. The summed E-state index contributed by atoms with van der Waals surface area (Å²) >= 11 is 0. The molecule has 3 atom stereocenters. The fourth-order valence-electron chi connectivity index (χ4n) is 4.46. The van der Waals surface area contributed by atoms with Crippen LogP contribution in [0, 0.1) is 5.92 Å². The van der Waals surface area contributed by atoms with Gasteiger partial charge in [-0.2, -0.15) is 30.7 Å². The molecule has 0 bridgehead atoms. The van der Waals surface area contributed by atoms with Crippen molar-refractivity contribution in [2.24, 2.45) is 11.0 Å². The second-order valence-corrected chi connectivity index (χ2v) is 7.97. The summed E-state index contributed by atoms with van der Waals surface area (Å²) in [6.45, 7) is 4.59. The number of halogens is 7. The highest BCUT2D eigenvalue weighted by molar-refractivity contribution is 5.87. The molecule has 1 heterocycles. The number of hydrogen-bond donors (Lipinski definition) is 1. The first-order valence-corrected chi connectivity index (χ1v) is 9.71.